The molecule has 0 bridgehead atoms. The molecule has 0 unspecified atom stereocenters. The molecule has 0 atom stereocenters. The number of hydrogen-bond donors (Lipinski definition) is 0. The van der Waals surface area contributed by atoms with Gasteiger partial charge in [0, 0.05) is 46.2 Å². The summed E-state index contributed by atoms with van der Waals surface area (Å²) in [6.07, 6.45) is 0.393. The first-order valence-electron chi connectivity index (χ1n) is 10.1. The highest BCUT2D eigenvalue weighted by molar-refractivity contribution is 5.84. The Morgan fingerprint density at radius 3 is 2.28 bits per heavy atom. The van der Waals surface area contributed by atoms with E-state index in [1.165, 1.54) is 23.5 Å². The average molecular weight is 397 g/mol. The van der Waals surface area contributed by atoms with Crippen LogP contribution in [0.5, 0.6) is 0 Å². The smallest absolute Gasteiger partial charge is 0.242 e. The Morgan fingerprint density at radius 1 is 0.966 bits per heavy atom. The van der Waals surface area contributed by atoms with Gasteiger partial charge in [0.15, 0.2) is 0 Å². The van der Waals surface area contributed by atoms with E-state index in [1.807, 2.05) is 23.1 Å². The fourth-order valence-corrected chi connectivity index (χ4v) is 3.56. The molecule has 0 saturated carbocycles. The molecule has 2 amide bonds. The molecule has 0 aliphatic carbocycles. The summed E-state index contributed by atoms with van der Waals surface area (Å²) in [4.78, 5) is 30.3. The second-order valence-corrected chi connectivity index (χ2v) is 7.42. The number of rotatable bonds is 7. The van der Waals surface area contributed by atoms with Crippen molar-refractivity contribution in [2.24, 2.45) is 0 Å². The second-order valence-electron chi connectivity index (χ2n) is 7.42. The Bertz CT molecular complexity index is 820. The Labute approximate surface area is 171 Å². The van der Waals surface area contributed by atoms with Gasteiger partial charge in [-0.15, -0.1) is 0 Å². The molecule has 29 heavy (non-hydrogen) atoms. The van der Waals surface area contributed by atoms with Gasteiger partial charge in [-0.05, 0) is 23.6 Å². The molecule has 1 aliphatic rings. The Morgan fingerprint density at radius 2 is 1.62 bits per heavy atom. The molecule has 3 rings (SSSR count). The first kappa shape index (κ1) is 21.0. The van der Waals surface area contributed by atoms with Crippen LogP contribution in [0, 0.1) is 5.82 Å². The molecule has 1 heterocycles. The third-order valence-corrected chi connectivity index (χ3v) is 5.35. The molecule has 0 N–H and O–H groups in total. The number of carbonyl (C=O) groups is 2. The topological polar surface area (TPSA) is 43.9 Å². The largest absolute Gasteiger partial charge is 0.339 e. The van der Waals surface area contributed by atoms with Crippen LogP contribution in [0.2, 0.25) is 0 Å². The number of nitrogens with zero attached hydrogens (tertiary/aromatic N) is 3. The van der Waals surface area contributed by atoms with Crippen LogP contribution in [-0.2, 0) is 22.6 Å². The van der Waals surface area contributed by atoms with Crippen molar-refractivity contribution in [1.29, 1.82) is 0 Å². The average Bonchev–Trinajstić information content (AvgIpc) is 2.73. The number of amides is 2. The lowest BCUT2D eigenvalue weighted by atomic mass is 10.1. The highest BCUT2D eigenvalue weighted by Gasteiger charge is 2.23. The van der Waals surface area contributed by atoms with Crippen molar-refractivity contribution < 1.29 is 14.0 Å². The molecule has 0 radical (unpaired) electrons. The van der Waals surface area contributed by atoms with Crippen molar-refractivity contribution in [1.82, 2.24) is 14.7 Å². The summed E-state index contributed by atoms with van der Waals surface area (Å²) < 4.78 is 13.8. The van der Waals surface area contributed by atoms with Gasteiger partial charge >= 0.3 is 0 Å². The van der Waals surface area contributed by atoms with E-state index < -0.39 is 0 Å². The van der Waals surface area contributed by atoms with Crippen molar-refractivity contribution in [2.75, 3.05) is 39.3 Å². The third kappa shape index (κ3) is 6.12. The molecule has 1 aliphatic heterocycles. The van der Waals surface area contributed by atoms with Crippen molar-refractivity contribution in [2.45, 2.75) is 19.9 Å². The molecule has 1 saturated heterocycles. The summed E-state index contributed by atoms with van der Waals surface area (Å²) in [5.74, 6) is -0.498. The van der Waals surface area contributed by atoms with Crippen LogP contribution < -0.4 is 0 Å². The van der Waals surface area contributed by atoms with Crippen LogP contribution in [0.15, 0.2) is 54.6 Å². The zero-order valence-electron chi connectivity index (χ0n) is 16.9. The molecule has 1 fully saturated rings. The molecule has 5 nitrogen and oxygen atoms in total. The first-order valence-corrected chi connectivity index (χ1v) is 10.1. The maximum Gasteiger partial charge on any atom is 0.242 e. The predicted molar refractivity (Wildman–Crippen MR) is 111 cm³/mol. The molecular formula is C23H28FN3O2. The lowest BCUT2D eigenvalue weighted by molar-refractivity contribution is -0.140. The minimum Gasteiger partial charge on any atom is -0.339 e. The van der Waals surface area contributed by atoms with E-state index in [0.717, 1.165) is 19.6 Å². The quantitative estimate of drug-likeness (QED) is 0.721. The summed E-state index contributed by atoms with van der Waals surface area (Å²) >= 11 is 0. The summed E-state index contributed by atoms with van der Waals surface area (Å²) in [5, 5.41) is 0. The fraction of sp³-hybridized carbons (Fsp3) is 0.391. The minimum atomic E-state index is -0.281. The maximum absolute atomic E-state index is 13.8. The molecule has 0 aromatic heterocycles. The summed E-state index contributed by atoms with van der Waals surface area (Å²) in [6, 6.07) is 16.8. The van der Waals surface area contributed by atoms with E-state index in [1.54, 1.807) is 18.2 Å². The fourth-order valence-electron chi connectivity index (χ4n) is 3.56. The number of halogens is 1. The van der Waals surface area contributed by atoms with Crippen LogP contribution in [0.1, 0.15) is 18.1 Å². The minimum absolute atomic E-state index is 0.0441. The lowest BCUT2D eigenvalue weighted by Crippen LogP contribution is -2.51. The highest BCUT2D eigenvalue weighted by atomic mass is 19.1. The van der Waals surface area contributed by atoms with E-state index in [-0.39, 0.29) is 24.2 Å². The van der Waals surface area contributed by atoms with Crippen molar-refractivity contribution >= 4 is 11.8 Å². The molecule has 154 valence electrons. The molecule has 0 spiro atoms. The van der Waals surface area contributed by atoms with E-state index in [2.05, 4.69) is 17.0 Å². The Balaban J connectivity index is 1.48. The van der Waals surface area contributed by atoms with Crippen molar-refractivity contribution in [3.63, 3.8) is 0 Å². The maximum atomic E-state index is 13.8. The zero-order valence-corrected chi connectivity index (χ0v) is 16.9. The van der Waals surface area contributed by atoms with Gasteiger partial charge < -0.3 is 9.80 Å². The van der Waals surface area contributed by atoms with Crippen LogP contribution in [0.4, 0.5) is 4.39 Å². The van der Waals surface area contributed by atoms with E-state index in [9.17, 15) is 14.0 Å². The van der Waals surface area contributed by atoms with E-state index in [0.29, 0.717) is 31.6 Å². The van der Waals surface area contributed by atoms with Crippen LogP contribution in [0.3, 0.4) is 0 Å². The summed E-state index contributed by atoms with van der Waals surface area (Å²) in [5.41, 5.74) is 1.82. The Kier molecular flexibility index (Phi) is 7.36. The number of carbonyl (C=O) groups excluding carboxylic acids is 2. The normalized spacial score (nSPS) is 14.6. The van der Waals surface area contributed by atoms with Crippen molar-refractivity contribution in [3.8, 4) is 0 Å². The van der Waals surface area contributed by atoms with Gasteiger partial charge in [-0.1, -0.05) is 48.5 Å². The Hall–Kier alpha value is -2.73. The van der Waals surface area contributed by atoms with Crippen LogP contribution in [0.25, 0.3) is 0 Å². The van der Waals surface area contributed by atoms with Gasteiger partial charge in [0.1, 0.15) is 5.82 Å². The van der Waals surface area contributed by atoms with Crippen LogP contribution in [-0.4, -0.2) is 65.8 Å². The number of hydrogen-bond acceptors (Lipinski definition) is 3. The van der Waals surface area contributed by atoms with Gasteiger partial charge in [-0.3, -0.25) is 14.5 Å². The number of benzene rings is 2. The molecular weight excluding hydrogens is 369 g/mol. The van der Waals surface area contributed by atoms with Gasteiger partial charge in [-0.2, -0.15) is 0 Å². The summed E-state index contributed by atoms with van der Waals surface area (Å²) in [7, 11) is 0. The SMILES string of the molecule is CC(=O)N(CCc1ccccc1F)CC(=O)N1CCN(Cc2ccccc2)CC1. The standard InChI is InChI=1S/C23H28FN3O2/c1-19(28)27(12-11-21-9-5-6-10-22(21)24)18-23(29)26-15-13-25(14-16-26)17-20-7-3-2-4-8-20/h2-10H,11-18H2,1H3. The molecule has 2 aromatic carbocycles. The first-order chi connectivity index (χ1) is 14.0. The van der Waals surface area contributed by atoms with E-state index >= 15 is 0 Å². The highest BCUT2D eigenvalue weighted by Crippen LogP contribution is 2.11. The zero-order chi connectivity index (χ0) is 20.6. The van der Waals surface area contributed by atoms with Gasteiger partial charge in [-0.25, -0.2) is 4.39 Å². The third-order valence-electron chi connectivity index (χ3n) is 5.35. The van der Waals surface area contributed by atoms with Crippen LogP contribution >= 0.6 is 0 Å². The number of piperazine rings is 1. The van der Waals surface area contributed by atoms with E-state index in [4.69, 9.17) is 0 Å². The van der Waals surface area contributed by atoms with Gasteiger partial charge in [0.2, 0.25) is 11.8 Å². The predicted octanol–water partition coefficient (Wildman–Crippen LogP) is 2.56. The summed E-state index contributed by atoms with van der Waals surface area (Å²) in [6.45, 7) is 5.65. The van der Waals surface area contributed by atoms with Gasteiger partial charge in [0.25, 0.3) is 0 Å². The van der Waals surface area contributed by atoms with Gasteiger partial charge in [0.05, 0.1) is 6.54 Å². The lowest BCUT2D eigenvalue weighted by Gasteiger charge is -2.35. The molecule has 2 aromatic rings. The van der Waals surface area contributed by atoms with Crippen molar-refractivity contribution in [3.05, 3.63) is 71.5 Å². The molecule has 6 heteroatoms. The second kappa shape index (κ2) is 10.2. The monoisotopic (exact) mass is 397 g/mol.